The molecule has 0 aliphatic rings. The first-order chi connectivity index (χ1) is 12.7. The SMILES string of the molecule is N#CC(=Cc1ccccc1OCc1ccc(Cl)cc1)c1ccccc1Cl. The number of hydrogen-bond donors (Lipinski definition) is 0. The van der Waals surface area contributed by atoms with Gasteiger partial charge in [0, 0.05) is 21.2 Å². The third-order valence-electron chi connectivity index (χ3n) is 3.81. The van der Waals surface area contributed by atoms with Gasteiger partial charge in [-0.15, -0.1) is 0 Å². The summed E-state index contributed by atoms with van der Waals surface area (Å²) in [5.41, 5.74) is 3.01. The highest BCUT2D eigenvalue weighted by molar-refractivity contribution is 6.32. The van der Waals surface area contributed by atoms with Crippen molar-refractivity contribution < 1.29 is 4.74 Å². The molecule has 128 valence electrons. The highest BCUT2D eigenvalue weighted by atomic mass is 35.5. The number of para-hydroxylation sites is 1. The number of rotatable bonds is 5. The minimum Gasteiger partial charge on any atom is -0.488 e. The van der Waals surface area contributed by atoms with Crippen LogP contribution in [-0.2, 0) is 6.61 Å². The monoisotopic (exact) mass is 379 g/mol. The summed E-state index contributed by atoms with van der Waals surface area (Å²) in [7, 11) is 0. The van der Waals surface area contributed by atoms with Gasteiger partial charge in [0.2, 0.25) is 0 Å². The molecule has 3 rings (SSSR count). The Labute approximate surface area is 162 Å². The van der Waals surface area contributed by atoms with Crippen LogP contribution in [0.2, 0.25) is 10.0 Å². The van der Waals surface area contributed by atoms with Crippen molar-refractivity contribution in [2.24, 2.45) is 0 Å². The van der Waals surface area contributed by atoms with Crippen LogP contribution in [-0.4, -0.2) is 0 Å². The van der Waals surface area contributed by atoms with Gasteiger partial charge in [0.25, 0.3) is 0 Å². The van der Waals surface area contributed by atoms with Crippen LogP contribution in [0.15, 0.2) is 72.8 Å². The lowest BCUT2D eigenvalue weighted by Crippen LogP contribution is -1.97. The van der Waals surface area contributed by atoms with Gasteiger partial charge in [-0.2, -0.15) is 5.26 Å². The van der Waals surface area contributed by atoms with Crippen molar-refractivity contribution in [2.75, 3.05) is 0 Å². The fourth-order valence-electron chi connectivity index (χ4n) is 2.48. The highest BCUT2D eigenvalue weighted by Gasteiger charge is 2.08. The molecule has 0 heterocycles. The van der Waals surface area contributed by atoms with E-state index in [4.69, 9.17) is 27.9 Å². The van der Waals surface area contributed by atoms with Crippen LogP contribution in [0, 0.1) is 11.3 Å². The summed E-state index contributed by atoms with van der Waals surface area (Å²) in [5.74, 6) is 0.697. The number of allylic oxidation sites excluding steroid dienone is 1. The van der Waals surface area contributed by atoms with Gasteiger partial charge in [-0.25, -0.2) is 0 Å². The summed E-state index contributed by atoms with van der Waals surface area (Å²) in [5, 5.41) is 10.8. The summed E-state index contributed by atoms with van der Waals surface area (Å²) in [6, 6.07) is 24.6. The quantitative estimate of drug-likeness (QED) is 0.367. The van der Waals surface area contributed by atoms with Crippen LogP contribution in [0.5, 0.6) is 5.75 Å². The van der Waals surface area contributed by atoms with Crippen LogP contribution in [0.25, 0.3) is 11.6 Å². The standard InChI is InChI=1S/C22H15Cl2NO/c23-19-11-9-16(10-12-19)15-26-22-8-4-1-5-17(22)13-18(14-25)20-6-2-3-7-21(20)24/h1-13H,15H2. The Morgan fingerprint density at radius 2 is 1.62 bits per heavy atom. The molecule has 0 atom stereocenters. The molecule has 0 fully saturated rings. The number of nitrogens with zero attached hydrogens (tertiary/aromatic N) is 1. The van der Waals surface area contributed by atoms with Gasteiger partial charge in [-0.1, -0.05) is 71.7 Å². The molecule has 0 aliphatic carbocycles. The summed E-state index contributed by atoms with van der Waals surface area (Å²) in [6.45, 7) is 0.413. The van der Waals surface area contributed by atoms with E-state index in [1.54, 1.807) is 12.1 Å². The average molecular weight is 380 g/mol. The summed E-state index contributed by atoms with van der Waals surface area (Å²) in [6.07, 6.45) is 1.79. The second kappa shape index (κ2) is 8.58. The second-order valence-electron chi connectivity index (χ2n) is 5.60. The maximum absolute atomic E-state index is 9.56. The maximum Gasteiger partial charge on any atom is 0.127 e. The smallest absolute Gasteiger partial charge is 0.127 e. The van der Waals surface area contributed by atoms with E-state index in [0.717, 1.165) is 11.1 Å². The molecule has 0 unspecified atom stereocenters. The highest BCUT2D eigenvalue weighted by Crippen LogP contribution is 2.28. The molecular formula is C22H15Cl2NO. The Bertz CT molecular complexity index is 972. The fraction of sp³-hybridized carbons (Fsp3) is 0.0455. The molecule has 0 radical (unpaired) electrons. The molecule has 2 nitrogen and oxygen atoms in total. The number of hydrogen-bond acceptors (Lipinski definition) is 2. The molecule has 26 heavy (non-hydrogen) atoms. The minimum absolute atomic E-state index is 0.413. The van der Waals surface area contributed by atoms with Gasteiger partial charge in [-0.3, -0.25) is 0 Å². The number of halogens is 2. The minimum atomic E-state index is 0.413. The lowest BCUT2D eigenvalue weighted by atomic mass is 10.0. The van der Waals surface area contributed by atoms with Crippen molar-refractivity contribution in [3.63, 3.8) is 0 Å². The number of nitriles is 1. The molecule has 0 aromatic heterocycles. The Balaban J connectivity index is 1.87. The molecule has 0 N–H and O–H groups in total. The van der Waals surface area contributed by atoms with Crippen LogP contribution in [0.4, 0.5) is 0 Å². The number of ether oxygens (including phenoxy) is 1. The van der Waals surface area contributed by atoms with E-state index in [0.29, 0.717) is 33.5 Å². The van der Waals surface area contributed by atoms with Crippen molar-refractivity contribution in [2.45, 2.75) is 6.61 Å². The Morgan fingerprint density at radius 3 is 2.35 bits per heavy atom. The Hall–Kier alpha value is -2.73. The topological polar surface area (TPSA) is 33.0 Å². The van der Waals surface area contributed by atoms with Crippen LogP contribution in [0.1, 0.15) is 16.7 Å². The van der Waals surface area contributed by atoms with E-state index < -0.39 is 0 Å². The van der Waals surface area contributed by atoms with Gasteiger partial charge in [0.15, 0.2) is 0 Å². The van der Waals surface area contributed by atoms with Crippen LogP contribution >= 0.6 is 23.2 Å². The Morgan fingerprint density at radius 1 is 0.923 bits per heavy atom. The van der Waals surface area contributed by atoms with Crippen molar-refractivity contribution in [3.8, 4) is 11.8 Å². The molecule has 4 heteroatoms. The maximum atomic E-state index is 9.56. The molecule has 0 spiro atoms. The molecule has 0 amide bonds. The summed E-state index contributed by atoms with van der Waals surface area (Å²) < 4.78 is 5.94. The van der Waals surface area contributed by atoms with E-state index in [1.165, 1.54) is 0 Å². The largest absolute Gasteiger partial charge is 0.488 e. The van der Waals surface area contributed by atoms with Crippen LogP contribution in [0.3, 0.4) is 0 Å². The van der Waals surface area contributed by atoms with Gasteiger partial charge >= 0.3 is 0 Å². The average Bonchev–Trinajstić information content (AvgIpc) is 2.67. The molecule has 3 aromatic rings. The zero-order valence-electron chi connectivity index (χ0n) is 13.8. The van der Waals surface area contributed by atoms with Gasteiger partial charge in [0.1, 0.15) is 12.4 Å². The van der Waals surface area contributed by atoms with E-state index >= 15 is 0 Å². The van der Waals surface area contributed by atoms with Crippen molar-refractivity contribution in [1.82, 2.24) is 0 Å². The van der Waals surface area contributed by atoms with Crippen LogP contribution < -0.4 is 4.74 Å². The summed E-state index contributed by atoms with van der Waals surface area (Å²) >= 11 is 12.1. The van der Waals surface area contributed by atoms with Gasteiger partial charge in [0.05, 0.1) is 11.6 Å². The lowest BCUT2D eigenvalue weighted by molar-refractivity contribution is 0.305. The van der Waals surface area contributed by atoms with E-state index in [2.05, 4.69) is 6.07 Å². The normalized spacial score (nSPS) is 11.0. The predicted octanol–water partition coefficient (Wildman–Crippen LogP) is 6.64. The first-order valence-corrected chi connectivity index (χ1v) is 8.76. The van der Waals surface area contributed by atoms with E-state index in [-0.39, 0.29) is 0 Å². The first kappa shape index (κ1) is 18.1. The summed E-state index contributed by atoms with van der Waals surface area (Å²) in [4.78, 5) is 0. The molecule has 0 bridgehead atoms. The fourth-order valence-corrected chi connectivity index (χ4v) is 2.84. The molecule has 3 aromatic carbocycles. The molecule has 0 saturated heterocycles. The van der Waals surface area contributed by atoms with Crippen molar-refractivity contribution in [1.29, 1.82) is 5.26 Å². The van der Waals surface area contributed by atoms with E-state index in [1.807, 2.05) is 66.7 Å². The van der Waals surface area contributed by atoms with E-state index in [9.17, 15) is 5.26 Å². The van der Waals surface area contributed by atoms with Crippen molar-refractivity contribution in [3.05, 3.63) is 99.5 Å². The zero-order chi connectivity index (χ0) is 18.4. The third-order valence-corrected chi connectivity index (χ3v) is 4.39. The number of benzene rings is 3. The lowest BCUT2D eigenvalue weighted by Gasteiger charge is -2.10. The predicted molar refractivity (Wildman–Crippen MR) is 107 cm³/mol. The van der Waals surface area contributed by atoms with Crippen molar-refractivity contribution >= 4 is 34.9 Å². The molecular weight excluding hydrogens is 365 g/mol. The third kappa shape index (κ3) is 4.46. The first-order valence-electron chi connectivity index (χ1n) is 8.00. The Kier molecular flexibility index (Phi) is 5.96. The molecule has 0 saturated carbocycles. The second-order valence-corrected chi connectivity index (χ2v) is 6.45. The van der Waals surface area contributed by atoms with Gasteiger partial charge in [-0.05, 0) is 35.9 Å². The molecule has 0 aliphatic heterocycles. The van der Waals surface area contributed by atoms with Gasteiger partial charge < -0.3 is 4.74 Å². The zero-order valence-corrected chi connectivity index (χ0v) is 15.3.